The molecule has 130 valence electrons. The van der Waals surface area contributed by atoms with Crippen molar-refractivity contribution in [3.05, 3.63) is 35.4 Å². The lowest BCUT2D eigenvalue weighted by molar-refractivity contribution is -0.153. The van der Waals surface area contributed by atoms with Gasteiger partial charge in [0, 0.05) is 12.6 Å². The fraction of sp³-hybridized carbons (Fsp3) is 0.600. The van der Waals surface area contributed by atoms with Crippen molar-refractivity contribution in [1.29, 1.82) is 0 Å². The predicted molar refractivity (Wildman–Crippen MR) is 75.5 cm³/mol. The van der Waals surface area contributed by atoms with E-state index in [1.807, 2.05) is 0 Å². The van der Waals surface area contributed by atoms with Crippen LogP contribution < -0.4 is 0 Å². The first-order chi connectivity index (χ1) is 10.7. The second-order valence-electron chi connectivity index (χ2n) is 5.79. The molecule has 1 unspecified atom stereocenters. The number of hydrogen-bond donors (Lipinski definition) is 4. The second-order valence-corrected chi connectivity index (χ2v) is 5.79. The number of β-amino-alcohol motifs (C(OH)–C–C–N with tert-alkyl or cyclic N) is 1. The fourth-order valence-corrected chi connectivity index (χ4v) is 2.91. The predicted octanol–water partition coefficient (Wildman–Crippen LogP) is 0.526. The van der Waals surface area contributed by atoms with E-state index < -0.39 is 48.7 Å². The number of hydrogen-bond acceptors (Lipinski definition) is 5. The van der Waals surface area contributed by atoms with Crippen molar-refractivity contribution < 1.29 is 33.6 Å². The van der Waals surface area contributed by atoms with Gasteiger partial charge in [-0.1, -0.05) is 12.1 Å². The number of likely N-dealkylation sites (tertiary alicyclic amines) is 1. The third-order valence-electron chi connectivity index (χ3n) is 4.37. The van der Waals surface area contributed by atoms with Crippen molar-refractivity contribution in [3.8, 4) is 0 Å². The van der Waals surface area contributed by atoms with Gasteiger partial charge < -0.3 is 20.4 Å². The second kappa shape index (κ2) is 6.74. The van der Waals surface area contributed by atoms with Crippen molar-refractivity contribution in [2.24, 2.45) is 0 Å². The normalized spacial score (nSPS) is 31.1. The molecule has 1 aliphatic rings. The summed E-state index contributed by atoms with van der Waals surface area (Å²) in [6, 6.07) is 3.31. The van der Waals surface area contributed by atoms with Crippen molar-refractivity contribution in [3.63, 3.8) is 0 Å². The standard InChI is InChI=1S/C15H20F3NO4/c1-8(9-2-4-10(5-3-9)15(16,17)18)19-6-12(21)14(23)13(22)11(19)7-20/h2-5,8,11-14,20-23H,6-7H2,1H3/t8?,11-,12+,13-,14-/m1/s1. The van der Waals surface area contributed by atoms with E-state index in [0.717, 1.165) is 12.1 Å². The van der Waals surface area contributed by atoms with Crippen molar-refractivity contribution in [1.82, 2.24) is 4.90 Å². The smallest absolute Gasteiger partial charge is 0.395 e. The van der Waals surface area contributed by atoms with Gasteiger partial charge in [0.25, 0.3) is 0 Å². The summed E-state index contributed by atoms with van der Waals surface area (Å²) in [4.78, 5) is 1.57. The molecule has 1 fully saturated rings. The molecule has 0 radical (unpaired) electrons. The van der Waals surface area contributed by atoms with E-state index in [4.69, 9.17) is 0 Å². The van der Waals surface area contributed by atoms with E-state index in [2.05, 4.69) is 0 Å². The number of nitrogens with zero attached hydrogens (tertiary/aromatic N) is 1. The van der Waals surface area contributed by atoms with Crippen LogP contribution in [0, 0.1) is 0 Å². The monoisotopic (exact) mass is 335 g/mol. The van der Waals surface area contributed by atoms with Crippen LogP contribution in [-0.4, -0.2) is 62.8 Å². The minimum atomic E-state index is -4.42. The van der Waals surface area contributed by atoms with Crippen LogP contribution >= 0.6 is 0 Å². The Morgan fingerprint density at radius 2 is 1.70 bits per heavy atom. The number of halogens is 3. The Kier molecular flexibility index (Phi) is 5.32. The number of alkyl halides is 3. The van der Waals surface area contributed by atoms with Crippen molar-refractivity contribution in [2.45, 2.75) is 43.5 Å². The number of aliphatic hydroxyl groups excluding tert-OH is 4. The third kappa shape index (κ3) is 3.67. The van der Waals surface area contributed by atoms with Crippen molar-refractivity contribution >= 4 is 0 Å². The third-order valence-corrected chi connectivity index (χ3v) is 4.37. The van der Waals surface area contributed by atoms with E-state index in [9.17, 15) is 33.6 Å². The Hall–Kier alpha value is -1.19. The summed E-state index contributed by atoms with van der Waals surface area (Å²) in [5, 5.41) is 38.9. The van der Waals surface area contributed by atoms with Crippen LogP contribution in [0.4, 0.5) is 13.2 Å². The molecule has 5 nitrogen and oxygen atoms in total. The Balaban J connectivity index is 2.22. The van der Waals surface area contributed by atoms with Gasteiger partial charge in [0.15, 0.2) is 0 Å². The lowest BCUT2D eigenvalue weighted by Gasteiger charge is -2.46. The molecule has 0 spiro atoms. The van der Waals surface area contributed by atoms with Crippen LogP contribution in [0.2, 0.25) is 0 Å². The molecule has 0 bridgehead atoms. The molecule has 1 saturated heterocycles. The zero-order valence-corrected chi connectivity index (χ0v) is 12.5. The molecule has 1 aromatic rings. The van der Waals surface area contributed by atoms with Gasteiger partial charge >= 0.3 is 6.18 Å². The lowest BCUT2D eigenvalue weighted by Crippen LogP contribution is -2.62. The van der Waals surface area contributed by atoms with Crippen LogP contribution in [-0.2, 0) is 6.18 Å². The molecule has 23 heavy (non-hydrogen) atoms. The van der Waals surface area contributed by atoms with Gasteiger partial charge in [-0.15, -0.1) is 0 Å². The SMILES string of the molecule is CC(c1ccc(C(F)(F)F)cc1)N1C[C@H](O)[C@@H](O)[C@H](O)[C@H]1CO. The van der Waals surface area contributed by atoms with E-state index in [1.54, 1.807) is 11.8 Å². The van der Waals surface area contributed by atoms with Gasteiger partial charge in [0.05, 0.1) is 24.3 Å². The topological polar surface area (TPSA) is 84.2 Å². The first-order valence-corrected chi connectivity index (χ1v) is 7.24. The molecule has 1 aromatic carbocycles. The molecule has 0 aliphatic carbocycles. The summed E-state index contributed by atoms with van der Waals surface area (Å²) < 4.78 is 37.8. The summed E-state index contributed by atoms with van der Waals surface area (Å²) in [7, 11) is 0. The number of rotatable bonds is 3. The van der Waals surface area contributed by atoms with Gasteiger partial charge in [-0.25, -0.2) is 0 Å². The van der Waals surface area contributed by atoms with Gasteiger partial charge in [-0.2, -0.15) is 13.2 Å². The molecule has 4 N–H and O–H groups in total. The fourth-order valence-electron chi connectivity index (χ4n) is 2.91. The summed E-state index contributed by atoms with van der Waals surface area (Å²) in [6.45, 7) is 1.24. The van der Waals surface area contributed by atoms with Gasteiger partial charge in [0.1, 0.15) is 12.2 Å². The minimum absolute atomic E-state index is 0.00829. The number of piperidine rings is 1. The molecule has 0 amide bonds. The Bertz CT molecular complexity index is 522. The molecular weight excluding hydrogens is 315 g/mol. The minimum Gasteiger partial charge on any atom is -0.395 e. The van der Waals surface area contributed by atoms with E-state index in [0.29, 0.717) is 5.56 Å². The van der Waals surface area contributed by atoms with E-state index in [-0.39, 0.29) is 6.54 Å². The largest absolute Gasteiger partial charge is 0.416 e. The Morgan fingerprint density at radius 1 is 1.13 bits per heavy atom. The highest BCUT2D eigenvalue weighted by Gasteiger charge is 2.43. The maximum atomic E-state index is 12.6. The quantitative estimate of drug-likeness (QED) is 0.647. The summed E-state index contributed by atoms with van der Waals surface area (Å²) in [5.41, 5.74) is -0.214. The first kappa shape index (κ1) is 18.2. The highest BCUT2D eigenvalue weighted by Crippen LogP contribution is 2.32. The average Bonchev–Trinajstić information content (AvgIpc) is 2.51. The number of benzene rings is 1. The highest BCUT2D eigenvalue weighted by molar-refractivity contribution is 5.27. The zero-order chi connectivity index (χ0) is 17.4. The Labute approximate surface area is 131 Å². The molecule has 8 heteroatoms. The molecule has 2 rings (SSSR count). The van der Waals surface area contributed by atoms with E-state index in [1.165, 1.54) is 12.1 Å². The molecule has 5 atom stereocenters. The van der Waals surface area contributed by atoms with Crippen molar-refractivity contribution in [2.75, 3.05) is 13.2 Å². The summed E-state index contributed by atoms with van der Waals surface area (Å²) in [5.74, 6) is 0. The van der Waals surface area contributed by atoms with Gasteiger partial charge in [-0.05, 0) is 24.6 Å². The molecular formula is C15H20F3NO4. The van der Waals surface area contributed by atoms with Crippen LogP contribution in [0.25, 0.3) is 0 Å². The van der Waals surface area contributed by atoms with Crippen LogP contribution in [0.3, 0.4) is 0 Å². The lowest BCUT2D eigenvalue weighted by atomic mass is 9.91. The van der Waals surface area contributed by atoms with Crippen LogP contribution in [0.5, 0.6) is 0 Å². The molecule has 0 saturated carbocycles. The molecule has 1 aliphatic heterocycles. The zero-order valence-electron chi connectivity index (χ0n) is 12.5. The highest BCUT2D eigenvalue weighted by atomic mass is 19.4. The molecule has 0 aromatic heterocycles. The molecule has 1 heterocycles. The summed E-state index contributed by atoms with van der Waals surface area (Å²) in [6.07, 6.45) is -8.34. The maximum Gasteiger partial charge on any atom is 0.416 e. The van der Waals surface area contributed by atoms with Gasteiger partial charge in [-0.3, -0.25) is 4.90 Å². The van der Waals surface area contributed by atoms with Crippen LogP contribution in [0.15, 0.2) is 24.3 Å². The summed E-state index contributed by atoms with van der Waals surface area (Å²) >= 11 is 0. The Morgan fingerprint density at radius 3 is 2.17 bits per heavy atom. The first-order valence-electron chi connectivity index (χ1n) is 7.24. The maximum absolute atomic E-state index is 12.6. The average molecular weight is 335 g/mol. The van der Waals surface area contributed by atoms with E-state index >= 15 is 0 Å². The van der Waals surface area contributed by atoms with Gasteiger partial charge in [0.2, 0.25) is 0 Å². The number of aliphatic hydroxyl groups is 4. The van der Waals surface area contributed by atoms with Crippen LogP contribution in [0.1, 0.15) is 24.1 Å².